The first-order valence-electron chi connectivity index (χ1n) is 4.46. The summed E-state index contributed by atoms with van der Waals surface area (Å²) in [6.45, 7) is 3.21. The van der Waals surface area contributed by atoms with Crippen LogP contribution >= 0.6 is 11.8 Å². The van der Waals surface area contributed by atoms with Crippen molar-refractivity contribution in [3.63, 3.8) is 0 Å². The zero-order valence-electron chi connectivity index (χ0n) is 8.45. The van der Waals surface area contributed by atoms with Crippen LogP contribution in [0.1, 0.15) is 18.7 Å². The zero-order valence-corrected chi connectivity index (χ0v) is 9.27. The Morgan fingerprint density at radius 3 is 3.00 bits per heavy atom. The van der Waals surface area contributed by atoms with Crippen molar-refractivity contribution in [1.29, 1.82) is 0 Å². The van der Waals surface area contributed by atoms with Gasteiger partial charge in [0.05, 0.1) is 5.69 Å². The van der Waals surface area contributed by atoms with Gasteiger partial charge in [0.15, 0.2) is 0 Å². The summed E-state index contributed by atoms with van der Waals surface area (Å²) in [6, 6.07) is 2.44. The van der Waals surface area contributed by atoms with Gasteiger partial charge in [-0.1, -0.05) is 0 Å². The maximum Gasteiger partial charge on any atom is 0.0547 e. The molecule has 0 aromatic carbocycles. The third-order valence-corrected chi connectivity index (χ3v) is 2.67. The van der Waals surface area contributed by atoms with Gasteiger partial charge in [-0.3, -0.25) is 4.68 Å². The van der Waals surface area contributed by atoms with Gasteiger partial charge in [0.1, 0.15) is 0 Å². The zero-order chi connectivity index (χ0) is 9.68. The van der Waals surface area contributed by atoms with Gasteiger partial charge < -0.3 is 5.32 Å². The molecule has 0 amide bonds. The Morgan fingerprint density at radius 1 is 1.69 bits per heavy atom. The van der Waals surface area contributed by atoms with Gasteiger partial charge >= 0.3 is 0 Å². The molecule has 1 aromatic rings. The summed E-state index contributed by atoms with van der Waals surface area (Å²) in [5.41, 5.74) is 1.24. The van der Waals surface area contributed by atoms with Crippen LogP contribution in [0.4, 0.5) is 0 Å². The molecular formula is C9H17N3S. The second kappa shape index (κ2) is 5.29. The van der Waals surface area contributed by atoms with E-state index in [9.17, 15) is 0 Å². The van der Waals surface area contributed by atoms with Crippen molar-refractivity contribution in [1.82, 2.24) is 15.1 Å². The molecule has 74 valence electrons. The molecule has 0 aliphatic carbocycles. The molecule has 1 N–H and O–H groups in total. The summed E-state index contributed by atoms with van der Waals surface area (Å²) >= 11 is 1.86. The van der Waals surface area contributed by atoms with Crippen molar-refractivity contribution in [2.24, 2.45) is 7.05 Å². The predicted octanol–water partition coefficient (Wildman–Crippen LogP) is 1.43. The van der Waals surface area contributed by atoms with Crippen molar-refractivity contribution < 1.29 is 0 Å². The summed E-state index contributed by atoms with van der Waals surface area (Å²) in [7, 11) is 1.97. The van der Waals surface area contributed by atoms with E-state index in [1.54, 1.807) is 0 Å². The molecular weight excluding hydrogens is 182 g/mol. The van der Waals surface area contributed by atoms with Crippen LogP contribution in [0.3, 0.4) is 0 Å². The van der Waals surface area contributed by atoms with E-state index in [1.165, 1.54) is 5.69 Å². The van der Waals surface area contributed by atoms with Crippen LogP contribution in [0.15, 0.2) is 12.3 Å². The van der Waals surface area contributed by atoms with Crippen LogP contribution in [0.5, 0.6) is 0 Å². The lowest BCUT2D eigenvalue weighted by Gasteiger charge is -2.13. The summed E-state index contributed by atoms with van der Waals surface area (Å²) in [4.78, 5) is 0. The molecule has 13 heavy (non-hydrogen) atoms. The van der Waals surface area contributed by atoms with E-state index in [2.05, 4.69) is 29.7 Å². The SMILES string of the molecule is CSCCNC(C)c1ccnn1C. The van der Waals surface area contributed by atoms with E-state index in [0.717, 1.165) is 12.3 Å². The highest BCUT2D eigenvalue weighted by Gasteiger charge is 2.07. The van der Waals surface area contributed by atoms with Crippen molar-refractivity contribution in [3.05, 3.63) is 18.0 Å². The molecule has 0 bridgehead atoms. The molecule has 0 aliphatic heterocycles. The highest BCUT2D eigenvalue weighted by Crippen LogP contribution is 2.09. The van der Waals surface area contributed by atoms with Gasteiger partial charge in [-0.2, -0.15) is 16.9 Å². The third kappa shape index (κ3) is 3.04. The predicted molar refractivity (Wildman–Crippen MR) is 58.0 cm³/mol. The first-order valence-corrected chi connectivity index (χ1v) is 5.85. The highest BCUT2D eigenvalue weighted by atomic mass is 32.2. The van der Waals surface area contributed by atoms with Crippen LogP contribution in [0.2, 0.25) is 0 Å². The van der Waals surface area contributed by atoms with Crippen LogP contribution in [-0.2, 0) is 7.05 Å². The Balaban J connectivity index is 2.39. The van der Waals surface area contributed by atoms with Gasteiger partial charge in [-0.05, 0) is 19.2 Å². The molecule has 0 saturated carbocycles. The minimum absolute atomic E-state index is 0.389. The molecule has 1 rings (SSSR count). The number of rotatable bonds is 5. The average molecular weight is 199 g/mol. The summed E-state index contributed by atoms with van der Waals surface area (Å²) in [5.74, 6) is 1.15. The maximum atomic E-state index is 4.14. The van der Waals surface area contributed by atoms with Crippen LogP contribution < -0.4 is 5.32 Å². The van der Waals surface area contributed by atoms with Crippen molar-refractivity contribution >= 4 is 11.8 Å². The number of hydrogen-bond acceptors (Lipinski definition) is 3. The summed E-state index contributed by atoms with van der Waals surface area (Å²) < 4.78 is 1.91. The van der Waals surface area contributed by atoms with Crippen molar-refractivity contribution in [2.75, 3.05) is 18.6 Å². The van der Waals surface area contributed by atoms with Crippen LogP contribution in [0, 0.1) is 0 Å². The Bertz CT molecular complexity index is 247. The fourth-order valence-corrected chi connectivity index (χ4v) is 1.61. The largest absolute Gasteiger partial charge is 0.308 e. The lowest BCUT2D eigenvalue weighted by molar-refractivity contribution is 0.548. The fraction of sp³-hybridized carbons (Fsp3) is 0.667. The van der Waals surface area contributed by atoms with Gasteiger partial charge in [0.25, 0.3) is 0 Å². The number of thioether (sulfide) groups is 1. The first-order chi connectivity index (χ1) is 6.25. The van der Waals surface area contributed by atoms with E-state index >= 15 is 0 Å². The Hall–Kier alpha value is -0.480. The number of nitrogens with zero attached hydrogens (tertiary/aromatic N) is 2. The van der Waals surface area contributed by atoms with Crippen LogP contribution in [0.25, 0.3) is 0 Å². The average Bonchev–Trinajstić information content (AvgIpc) is 2.52. The van der Waals surface area contributed by atoms with Gasteiger partial charge in [0, 0.05) is 31.6 Å². The Labute approximate surface area is 83.9 Å². The molecule has 0 saturated heterocycles. The minimum Gasteiger partial charge on any atom is -0.308 e. The summed E-state index contributed by atoms with van der Waals surface area (Å²) in [5, 5.41) is 7.58. The molecule has 1 atom stereocenters. The number of nitrogens with one attached hydrogen (secondary N) is 1. The number of hydrogen-bond donors (Lipinski definition) is 1. The standard InChI is InChI=1S/C9H17N3S/c1-8(10-6-7-13-3)9-4-5-11-12(9)2/h4-5,8,10H,6-7H2,1-3H3. The fourth-order valence-electron chi connectivity index (χ4n) is 1.29. The van der Waals surface area contributed by atoms with Crippen molar-refractivity contribution in [3.8, 4) is 0 Å². The third-order valence-electron chi connectivity index (χ3n) is 2.06. The molecule has 0 fully saturated rings. The second-order valence-corrected chi connectivity index (χ2v) is 4.03. The van der Waals surface area contributed by atoms with E-state index in [-0.39, 0.29) is 0 Å². The molecule has 1 unspecified atom stereocenters. The normalized spacial score (nSPS) is 13.2. The van der Waals surface area contributed by atoms with E-state index in [4.69, 9.17) is 0 Å². The first kappa shape index (κ1) is 10.6. The topological polar surface area (TPSA) is 29.9 Å². The smallest absolute Gasteiger partial charge is 0.0547 e. The molecule has 4 heteroatoms. The van der Waals surface area contributed by atoms with E-state index in [0.29, 0.717) is 6.04 Å². The summed E-state index contributed by atoms with van der Waals surface area (Å²) in [6.07, 6.45) is 3.96. The van der Waals surface area contributed by atoms with Gasteiger partial charge in [-0.15, -0.1) is 0 Å². The molecule has 0 aliphatic rings. The lowest BCUT2D eigenvalue weighted by atomic mass is 10.2. The Kier molecular flexibility index (Phi) is 4.32. The molecule has 1 heterocycles. The van der Waals surface area contributed by atoms with Gasteiger partial charge in [0.2, 0.25) is 0 Å². The van der Waals surface area contributed by atoms with Gasteiger partial charge in [-0.25, -0.2) is 0 Å². The van der Waals surface area contributed by atoms with Crippen molar-refractivity contribution in [2.45, 2.75) is 13.0 Å². The second-order valence-electron chi connectivity index (χ2n) is 3.05. The molecule has 3 nitrogen and oxygen atoms in total. The number of aryl methyl sites for hydroxylation is 1. The highest BCUT2D eigenvalue weighted by molar-refractivity contribution is 7.98. The Morgan fingerprint density at radius 2 is 2.46 bits per heavy atom. The minimum atomic E-state index is 0.389. The number of aromatic nitrogens is 2. The van der Waals surface area contributed by atoms with Crippen LogP contribution in [-0.4, -0.2) is 28.3 Å². The lowest BCUT2D eigenvalue weighted by Crippen LogP contribution is -2.23. The molecule has 1 aromatic heterocycles. The molecule has 0 spiro atoms. The molecule has 0 radical (unpaired) electrons. The monoisotopic (exact) mass is 199 g/mol. The van der Waals surface area contributed by atoms with E-state index < -0.39 is 0 Å². The quantitative estimate of drug-likeness (QED) is 0.728. The maximum absolute atomic E-state index is 4.14. The van der Waals surface area contributed by atoms with E-state index in [1.807, 2.05) is 29.7 Å².